The molecule has 0 bridgehead atoms. The second kappa shape index (κ2) is 4.34. The third-order valence-corrected chi connectivity index (χ3v) is 4.22. The zero-order valence-corrected chi connectivity index (χ0v) is 11.2. The van der Waals surface area contributed by atoms with Gasteiger partial charge in [0.05, 0.1) is 12.3 Å². The van der Waals surface area contributed by atoms with E-state index in [1.165, 1.54) is 10.6 Å². The molecule has 2 rings (SSSR count). The molecule has 1 aliphatic rings. The molecule has 0 amide bonds. The molecule has 6 heteroatoms. The van der Waals surface area contributed by atoms with Crippen LogP contribution in [0.5, 0.6) is 0 Å². The van der Waals surface area contributed by atoms with Crippen molar-refractivity contribution in [1.29, 1.82) is 0 Å². The Balaban J connectivity index is 2.39. The highest BCUT2D eigenvalue weighted by atomic mass is 32.2. The van der Waals surface area contributed by atoms with Gasteiger partial charge in [0.2, 0.25) is 10.0 Å². The molecule has 1 fully saturated rings. The van der Waals surface area contributed by atoms with Crippen molar-refractivity contribution < 1.29 is 8.42 Å². The first-order valence-electron chi connectivity index (χ1n) is 5.67. The van der Waals surface area contributed by atoms with Gasteiger partial charge in [-0.25, -0.2) is 18.4 Å². The summed E-state index contributed by atoms with van der Waals surface area (Å²) in [7, 11) is -3.17. The predicted molar refractivity (Wildman–Crippen MR) is 65.0 cm³/mol. The fraction of sp³-hybridized carbons (Fsp3) is 0.636. The maximum Gasteiger partial charge on any atom is 0.211 e. The van der Waals surface area contributed by atoms with E-state index in [9.17, 15) is 8.42 Å². The number of rotatable bonds is 2. The van der Waals surface area contributed by atoms with Gasteiger partial charge in [-0.3, -0.25) is 0 Å². The molecule has 0 N–H and O–H groups in total. The summed E-state index contributed by atoms with van der Waals surface area (Å²) in [6.45, 7) is 4.37. The average Bonchev–Trinajstić information content (AvgIpc) is 2.63. The van der Waals surface area contributed by atoms with Crippen molar-refractivity contribution in [3.05, 3.63) is 23.3 Å². The Hall–Kier alpha value is -1.01. The van der Waals surface area contributed by atoms with Gasteiger partial charge in [0, 0.05) is 17.9 Å². The van der Waals surface area contributed by atoms with Crippen LogP contribution in [-0.4, -0.2) is 35.5 Å². The summed E-state index contributed by atoms with van der Waals surface area (Å²) in [5.41, 5.74) is 1.76. The molecule has 0 aliphatic carbocycles. The van der Waals surface area contributed by atoms with Gasteiger partial charge in [0.1, 0.15) is 5.82 Å². The van der Waals surface area contributed by atoms with Crippen molar-refractivity contribution in [2.45, 2.75) is 32.7 Å². The molecule has 0 aromatic carbocycles. The Morgan fingerprint density at radius 3 is 2.41 bits per heavy atom. The van der Waals surface area contributed by atoms with Crippen LogP contribution in [0.25, 0.3) is 0 Å². The highest BCUT2D eigenvalue weighted by Crippen LogP contribution is 2.31. The lowest BCUT2D eigenvalue weighted by Gasteiger charge is -2.21. The summed E-state index contributed by atoms with van der Waals surface area (Å²) >= 11 is 0. The molecule has 5 nitrogen and oxygen atoms in total. The van der Waals surface area contributed by atoms with Gasteiger partial charge in [-0.05, 0) is 32.8 Å². The van der Waals surface area contributed by atoms with E-state index in [1.54, 1.807) is 0 Å². The predicted octanol–water partition coefficient (Wildman–Crippen LogP) is 1.19. The third-order valence-electron chi connectivity index (χ3n) is 2.93. The van der Waals surface area contributed by atoms with Gasteiger partial charge in [-0.2, -0.15) is 4.31 Å². The van der Waals surface area contributed by atoms with Crippen molar-refractivity contribution >= 4 is 10.0 Å². The monoisotopic (exact) mass is 255 g/mol. The largest absolute Gasteiger partial charge is 0.236 e. The maximum atomic E-state index is 11.7. The highest BCUT2D eigenvalue weighted by molar-refractivity contribution is 7.88. The van der Waals surface area contributed by atoms with E-state index in [2.05, 4.69) is 9.97 Å². The first-order chi connectivity index (χ1) is 7.88. The normalized spacial score (nSPS) is 21.9. The minimum Gasteiger partial charge on any atom is -0.236 e. The summed E-state index contributed by atoms with van der Waals surface area (Å²) in [6, 6.07) is 1.70. The van der Waals surface area contributed by atoms with E-state index >= 15 is 0 Å². The number of aromatic nitrogens is 2. The number of sulfonamides is 1. The summed E-state index contributed by atoms with van der Waals surface area (Å²) in [6.07, 6.45) is 2.91. The summed E-state index contributed by atoms with van der Waals surface area (Å²) in [5, 5.41) is 0. The molecule has 1 atom stereocenters. The van der Waals surface area contributed by atoms with Crippen LogP contribution >= 0.6 is 0 Å². The Kier molecular flexibility index (Phi) is 3.18. The van der Waals surface area contributed by atoms with Crippen LogP contribution in [0.2, 0.25) is 0 Å². The van der Waals surface area contributed by atoms with Crippen LogP contribution in [0.4, 0.5) is 0 Å². The van der Waals surface area contributed by atoms with E-state index in [0.717, 1.165) is 24.2 Å². The highest BCUT2D eigenvalue weighted by Gasteiger charge is 2.34. The van der Waals surface area contributed by atoms with Gasteiger partial charge >= 0.3 is 0 Å². The zero-order valence-electron chi connectivity index (χ0n) is 10.3. The zero-order chi connectivity index (χ0) is 12.6. The number of hydrogen-bond donors (Lipinski definition) is 0. The molecule has 2 heterocycles. The summed E-state index contributed by atoms with van der Waals surface area (Å²) in [4.78, 5) is 8.73. The molecule has 1 unspecified atom stereocenters. The topological polar surface area (TPSA) is 63.2 Å². The molecule has 0 saturated carbocycles. The minimum absolute atomic E-state index is 0.191. The van der Waals surface area contributed by atoms with E-state index in [4.69, 9.17) is 0 Å². The first kappa shape index (κ1) is 12.4. The molecule has 17 heavy (non-hydrogen) atoms. The number of hydrogen-bond acceptors (Lipinski definition) is 4. The Bertz CT molecular complexity index is 507. The molecule has 1 aliphatic heterocycles. The first-order valence-corrected chi connectivity index (χ1v) is 7.52. The van der Waals surface area contributed by atoms with Crippen molar-refractivity contribution in [2.75, 3.05) is 12.8 Å². The maximum absolute atomic E-state index is 11.7. The lowest BCUT2D eigenvalue weighted by molar-refractivity contribution is 0.385. The SMILES string of the molecule is Cc1cc(C)nc(C2CCCN2S(C)(=O)=O)n1. The van der Waals surface area contributed by atoms with Gasteiger partial charge in [-0.15, -0.1) is 0 Å². The average molecular weight is 255 g/mol. The molecule has 0 spiro atoms. The summed E-state index contributed by atoms with van der Waals surface area (Å²) < 4.78 is 24.8. The van der Waals surface area contributed by atoms with E-state index in [1.807, 2.05) is 19.9 Å². The summed E-state index contributed by atoms with van der Waals surface area (Å²) in [5.74, 6) is 0.630. The van der Waals surface area contributed by atoms with Gasteiger partial charge in [-0.1, -0.05) is 0 Å². The van der Waals surface area contributed by atoms with Crippen molar-refractivity contribution in [3.63, 3.8) is 0 Å². The fourth-order valence-corrected chi connectivity index (χ4v) is 3.42. The Morgan fingerprint density at radius 1 is 1.29 bits per heavy atom. The molecular formula is C11H17N3O2S. The van der Waals surface area contributed by atoms with Crippen LogP contribution in [0, 0.1) is 13.8 Å². The second-order valence-corrected chi connectivity index (χ2v) is 6.48. The van der Waals surface area contributed by atoms with E-state index < -0.39 is 10.0 Å². The van der Waals surface area contributed by atoms with Gasteiger partial charge in [0.25, 0.3) is 0 Å². The standard InChI is InChI=1S/C11H17N3O2S/c1-8-7-9(2)13-11(12-8)10-5-4-6-14(10)17(3,15)16/h7,10H,4-6H2,1-3H3. The van der Waals surface area contributed by atoms with Gasteiger partial charge < -0.3 is 0 Å². The van der Waals surface area contributed by atoms with Crippen LogP contribution < -0.4 is 0 Å². The smallest absolute Gasteiger partial charge is 0.211 e. The second-order valence-electron chi connectivity index (χ2n) is 4.54. The van der Waals surface area contributed by atoms with Crippen LogP contribution in [-0.2, 0) is 10.0 Å². The van der Waals surface area contributed by atoms with Crippen LogP contribution in [0.1, 0.15) is 36.1 Å². The quantitative estimate of drug-likeness (QED) is 0.796. The van der Waals surface area contributed by atoms with E-state index in [-0.39, 0.29) is 6.04 Å². The lowest BCUT2D eigenvalue weighted by atomic mass is 10.2. The number of aryl methyl sites for hydroxylation is 2. The fourth-order valence-electron chi connectivity index (χ4n) is 2.30. The van der Waals surface area contributed by atoms with E-state index in [0.29, 0.717) is 12.4 Å². The minimum atomic E-state index is -3.17. The van der Waals surface area contributed by atoms with Crippen molar-refractivity contribution in [3.8, 4) is 0 Å². The molecule has 1 aromatic heterocycles. The van der Waals surface area contributed by atoms with Crippen molar-refractivity contribution in [2.24, 2.45) is 0 Å². The Labute approximate surface area is 102 Å². The number of nitrogens with zero attached hydrogens (tertiary/aromatic N) is 3. The molecule has 94 valence electrons. The van der Waals surface area contributed by atoms with Crippen LogP contribution in [0.15, 0.2) is 6.07 Å². The van der Waals surface area contributed by atoms with Crippen molar-refractivity contribution in [1.82, 2.24) is 14.3 Å². The third kappa shape index (κ3) is 2.63. The van der Waals surface area contributed by atoms with Crippen LogP contribution in [0.3, 0.4) is 0 Å². The Morgan fingerprint density at radius 2 is 1.88 bits per heavy atom. The molecule has 0 radical (unpaired) electrons. The lowest BCUT2D eigenvalue weighted by Crippen LogP contribution is -2.30. The van der Waals surface area contributed by atoms with Gasteiger partial charge in [0.15, 0.2) is 0 Å². The molecular weight excluding hydrogens is 238 g/mol. The molecule has 1 aromatic rings. The molecule has 1 saturated heterocycles.